The van der Waals surface area contributed by atoms with Crippen LogP contribution in [-0.4, -0.2) is 86.7 Å². The molecule has 5 unspecified atom stereocenters. The molecule has 1 aliphatic heterocycles. The van der Waals surface area contributed by atoms with E-state index in [1.165, 1.54) is 18.7 Å². The number of nitrogens with two attached hydrogens (primary N) is 1. The SMILES string of the molecule is CC(NC(=O)C(N)C(C)O)C(=O)N1CCCC1C(=O)NC(CCC(=O)O)C(=O)O. The smallest absolute Gasteiger partial charge is 0.326 e. The van der Waals surface area contributed by atoms with E-state index in [2.05, 4.69) is 10.6 Å². The van der Waals surface area contributed by atoms with E-state index in [0.29, 0.717) is 12.8 Å². The zero-order valence-corrected chi connectivity index (χ0v) is 16.3. The lowest BCUT2D eigenvalue weighted by Gasteiger charge is -2.28. The first kappa shape index (κ1) is 24.3. The maximum absolute atomic E-state index is 12.7. The molecule has 29 heavy (non-hydrogen) atoms. The predicted molar refractivity (Wildman–Crippen MR) is 98.4 cm³/mol. The Bertz CT molecular complexity index is 653. The van der Waals surface area contributed by atoms with E-state index in [9.17, 15) is 29.1 Å². The molecule has 12 nitrogen and oxygen atoms in total. The van der Waals surface area contributed by atoms with Gasteiger partial charge < -0.3 is 36.6 Å². The third kappa shape index (κ3) is 6.98. The number of nitrogens with one attached hydrogen (secondary N) is 2. The van der Waals surface area contributed by atoms with E-state index in [-0.39, 0.29) is 13.0 Å². The summed E-state index contributed by atoms with van der Waals surface area (Å²) >= 11 is 0. The number of rotatable bonds is 10. The Kier molecular flexibility index (Phi) is 8.98. The Morgan fingerprint density at radius 2 is 1.76 bits per heavy atom. The highest BCUT2D eigenvalue weighted by atomic mass is 16.4. The summed E-state index contributed by atoms with van der Waals surface area (Å²) in [6.45, 7) is 2.99. The van der Waals surface area contributed by atoms with E-state index < -0.39 is 66.4 Å². The van der Waals surface area contributed by atoms with E-state index >= 15 is 0 Å². The molecule has 0 aromatic carbocycles. The van der Waals surface area contributed by atoms with Crippen molar-refractivity contribution in [1.82, 2.24) is 15.5 Å². The van der Waals surface area contributed by atoms with Gasteiger partial charge in [0.1, 0.15) is 24.2 Å². The Labute approximate surface area is 167 Å². The van der Waals surface area contributed by atoms with Crippen LogP contribution in [0.15, 0.2) is 0 Å². The summed E-state index contributed by atoms with van der Waals surface area (Å²) in [7, 11) is 0. The summed E-state index contributed by atoms with van der Waals surface area (Å²) in [5.41, 5.74) is 5.52. The van der Waals surface area contributed by atoms with Gasteiger partial charge in [-0.15, -0.1) is 0 Å². The first-order valence-corrected chi connectivity index (χ1v) is 9.25. The molecule has 5 atom stereocenters. The zero-order chi connectivity index (χ0) is 22.3. The van der Waals surface area contributed by atoms with Crippen molar-refractivity contribution in [3.8, 4) is 0 Å². The van der Waals surface area contributed by atoms with Gasteiger partial charge in [-0.3, -0.25) is 19.2 Å². The predicted octanol–water partition coefficient (Wildman–Crippen LogP) is -2.38. The summed E-state index contributed by atoms with van der Waals surface area (Å²) in [6, 6.07) is -4.55. The van der Waals surface area contributed by atoms with Crippen molar-refractivity contribution in [2.24, 2.45) is 5.73 Å². The number of likely N-dealkylation sites (tertiary alicyclic amines) is 1. The van der Waals surface area contributed by atoms with Crippen LogP contribution in [0.4, 0.5) is 0 Å². The number of carboxylic acid groups (broad SMARTS) is 2. The van der Waals surface area contributed by atoms with Crippen LogP contribution in [0.25, 0.3) is 0 Å². The molecule has 0 bridgehead atoms. The van der Waals surface area contributed by atoms with Gasteiger partial charge in [-0.1, -0.05) is 0 Å². The molecule has 1 aliphatic rings. The minimum Gasteiger partial charge on any atom is -0.481 e. The number of nitrogens with zero attached hydrogens (tertiary/aromatic N) is 1. The molecule has 1 heterocycles. The molecule has 1 saturated heterocycles. The van der Waals surface area contributed by atoms with Crippen molar-refractivity contribution in [3.05, 3.63) is 0 Å². The fourth-order valence-corrected chi connectivity index (χ4v) is 2.94. The Morgan fingerprint density at radius 1 is 1.14 bits per heavy atom. The number of aliphatic carboxylic acids is 2. The Hall–Kier alpha value is -2.73. The van der Waals surface area contributed by atoms with Gasteiger partial charge in [0.25, 0.3) is 0 Å². The number of carbonyl (C=O) groups excluding carboxylic acids is 3. The average Bonchev–Trinajstić information content (AvgIpc) is 3.12. The summed E-state index contributed by atoms with van der Waals surface area (Å²) < 4.78 is 0. The molecule has 0 aliphatic carbocycles. The monoisotopic (exact) mass is 416 g/mol. The molecule has 7 N–H and O–H groups in total. The highest BCUT2D eigenvalue weighted by molar-refractivity contribution is 5.94. The topological polar surface area (TPSA) is 199 Å². The molecular formula is C17H28N4O8. The van der Waals surface area contributed by atoms with Gasteiger partial charge >= 0.3 is 11.9 Å². The number of amides is 3. The average molecular weight is 416 g/mol. The molecule has 3 amide bonds. The molecule has 0 radical (unpaired) electrons. The van der Waals surface area contributed by atoms with Crippen molar-refractivity contribution in [2.45, 2.75) is 69.8 Å². The van der Waals surface area contributed by atoms with Crippen molar-refractivity contribution in [1.29, 1.82) is 0 Å². The van der Waals surface area contributed by atoms with E-state index in [0.717, 1.165) is 0 Å². The lowest BCUT2D eigenvalue weighted by atomic mass is 10.1. The van der Waals surface area contributed by atoms with Gasteiger partial charge in [0.15, 0.2) is 0 Å². The standard InChI is InChI=1S/C17H28N4O8/c1-8(19-15(26)13(18)9(2)22)16(27)21-7-3-4-11(21)14(25)20-10(17(28)29)5-6-12(23)24/h8-11,13,22H,3-7,18H2,1-2H3,(H,19,26)(H,20,25)(H,23,24)(H,28,29). The lowest BCUT2D eigenvalue weighted by Crippen LogP contribution is -2.57. The van der Waals surface area contributed by atoms with Crippen LogP contribution in [-0.2, 0) is 24.0 Å². The van der Waals surface area contributed by atoms with Gasteiger partial charge in [-0.05, 0) is 33.1 Å². The molecule has 1 fully saturated rings. The number of hydrogen-bond donors (Lipinski definition) is 6. The highest BCUT2D eigenvalue weighted by Crippen LogP contribution is 2.19. The van der Waals surface area contributed by atoms with Gasteiger partial charge in [0, 0.05) is 13.0 Å². The number of aliphatic hydroxyl groups is 1. The van der Waals surface area contributed by atoms with Crippen LogP contribution in [0, 0.1) is 0 Å². The summed E-state index contributed by atoms with van der Waals surface area (Å²) in [4.78, 5) is 60.2. The quantitative estimate of drug-likeness (QED) is 0.225. The maximum atomic E-state index is 12.7. The normalized spacial score (nSPS) is 20.3. The van der Waals surface area contributed by atoms with E-state index in [1.54, 1.807) is 0 Å². The minimum atomic E-state index is -1.39. The fraction of sp³-hybridized carbons (Fsp3) is 0.706. The van der Waals surface area contributed by atoms with Gasteiger partial charge in [-0.2, -0.15) is 0 Å². The highest BCUT2D eigenvalue weighted by Gasteiger charge is 2.38. The van der Waals surface area contributed by atoms with Crippen molar-refractivity contribution in [3.63, 3.8) is 0 Å². The summed E-state index contributed by atoms with van der Waals surface area (Å²) in [5.74, 6) is -4.54. The number of hydrogen-bond acceptors (Lipinski definition) is 7. The molecule has 164 valence electrons. The van der Waals surface area contributed by atoms with Gasteiger partial charge in [-0.25, -0.2) is 4.79 Å². The maximum Gasteiger partial charge on any atom is 0.326 e. The van der Waals surface area contributed by atoms with Crippen LogP contribution in [0.3, 0.4) is 0 Å². The Morgan fingerprint density at radius 3 is 2.28 bits per heavy atom. The van der Waals surface area contributed by atoms with Crippen molar-refractivity contribution >= 4 is 29.7 Å². The lowest BCUT2D eigenvalue weighted by molar-refractivity contribution is -0.145. The number of carbonyl (C=O) groups is 5. The van der Waals surface area contributed by atoms with Crippen LogP contribution in [0.2, 0.25) is 0 Å². The second-order valence-corrected chi connectivity index (χ2v) is 7.02. The second kappa shape index (κ2) is 10.7. The third-order valence-corrected chi connectivity index (χ3v) is 4.65. The van der Waals surface area contributed by atoms with Crippen molar-refractivity contribution in [2.75, 3.05) is 6.54 Å². The van der Waals surface area contributed by atoms with Gasteiger partial charge in [0.2, 0.25) is 17.7 Å². The molecule has 12 heteroatoms. The van der Waals surface area contributed by atoms with Crippen LogP contribution in [0.5, 0.6) is 0 Å². The molecule has 0 saturated carbocycles. The molecule has 0 aromatic rings. The Balaban J connectivity index is 2.76. The largest absolute Gasteiger partial charge is 0.481 e. The van der Waals surface area contributed by atoms with E-state index in [4.69, 9.17) is 15.9 Å². The molecule has 0 aromatic heterocycles. The van der Waals surface area contributed by atoms with E-state index in [1.807, 2.05) is 0 Å². The number of aliphatic hydroxyl groups excluding tert-OH is 1. The second-order valence-electron chi connectivity index (χ2n) is 7.02. The molecule has 1 rings (SSSR count). The molecular weight excluding hydrogens is 388 g/mol. The third-order valence-electron chi connectivity index (χ3n) is 4.65. The van der Waals surface area contributed by atoms with Crippen LogP contribution >= 0.6 is 0 Å². The minimum absolute atomic E-state index is 0.243. The number of carboxylic acids is 2. The zero-order valence-electron chi connectivity index (χ0n) is 16.3. The van der Waals surface area contributed by atoms with Crippen molar-refractivity contribution < 1.29 is 39.3 Å². The fourth-order valence-electron chi connectivity index (χ4n) is 2.94. The van der Waals surface area contributed by atoms with Crippen LogP contribution < -0.4 is 16.4 Å². The summed E-state index contributed by atoms with van der Waals surface area (Å²) in [6.07, 6.45) is -1.03. The van der Waals surface area contributed by atoms with Gasteiger partial charge in [0.05, 0.1) is 6.10 Å². The summed E-state index contributed by atoms with van der Waals surface area (Å²) in [5, 5.41) is 31.9. The van der Waals surface area contributed by atoms with Crippen LogP contribution in [0.1, 0.15) is 39.5 Å². The molecule has 0 spiro atoms. The first-order chi connectivity index (χ1) is 13.5. The first-order valence-electron chi connectivity index (χ1n) is 9.25.